The summed E-state index contributed by atoms with van der Waals surface area (Å²) < 4.78 is 1.37. The van der Waals surface area contributed by atoms with E-state index in [1.54, 1.807) is 36.4 Å². The number of carbonyl (C=O) groups is 4. The van der Waals surface area contributed by atoms with E-state index in [0.717, 1.165) is 5.56 Å². The van der Waals surface area contributed by atoms with Gasteiger partial charge in [0, 0.05) is 24.0 Å². The zero-order valence-corrected chi connectivity index (χ0v) is 20.9. The summed E-state index contributed by atoms with van der Waals surface area (Å²) in [7, 11) is 0. The van der Waals surface area contributed by atoms with Gasteiger partial charge >= 0.3 is 11.9 Å². The van der Waals surface area contributed by atoms with Gasteiger partial charge in [0.1, 0.15) is 11.6 Å². The van der Waals surface area contributed by atoms with E-state index in [-0.39, 0.29) is 36.9 Å². The highest BCUT2D eigenvalue weighted by atomic mass is 35.5. The number of amides is 5. The van der Waals surface area contributed by atoms with Gasteiger partial charge in [-0.2, -0.15) is 14.3 Å². The highest BCUT2D eigenvalue weighted by Gasteiger charge is 2.46. The van der Waals surface area contributed by atoms with Crippen LogP contribution in [0.25, 0.3) is 0 Å². The molecule has 1 unspecified atom stereocenters. The summed E-state index contributed by atoms with van der Waals surface area (Å²) in [5.74, 6) is -1.27. The molecule has 2 aliphatic rings. The first-order valence-electron chi connectivity index (χ1n) is 11.9. The number of hydrogen-bond donors (Lipinski definition) is 2. The molecule has 0 saturated carbocycles. The Morgan fingerprint density at radius 2 is 1.83 bits per heavy atom. The number of hydrogen-bond acceptors (Lipinski definition) is 4. The van der Waals surface area contributed by atoms with Crippen molar-refractivity contribution in [3.8, 4) is 0 Å². The van der Waals surface area contributed by atoms with Crippen LogP contribution >= 0.6 is 11.6 Å². The molecule has 0 aromatic heterocycles. The number of imide groups is 1. The molecule has 0 fully saturated rings. The lowest BCUT2D eigenvalue weighted by atomic mass is 9.94. The van der Waals surface area contributed by atoms with Crippen LogP contribution in [0.2, 0.25) is 5.02 Å². The summed E-state index contributed by atoms with van der Waals surface area (Å²) in [6.45, 7) is 4.22. The predicted octanol–water partition coefficient (Wildman–Crippen LogP) is 2.85. The average Bonchev–Trinajstić information content (AvgIpc) is 2.82. The van der Waals surface area contributed by atoms with Crippen LogP contribution in [0.15, 0.2) is 48.6 Å². The Bertz CT molecular complexity index is 1060. The van der Waals surface area contributed by atoms with Crippen molar-refractivity contribution in [2.45, 2.75) is 45.6 Å². The van der Waals surface area contributed by atoms with Crippen molar-refractivity contribution in [1.29, 1.82) is 0 Å². The van der Waals surface area contributed by atoms with E-state index in [9.17, 15) is 19.2 Å². The molecule has 5 amide bonds. The van der Waals surface area contributed by atoms with Gasteiger partial charge in [0.2, 0.25) is 5.91 Å². The van der Waals surface area contributed by atoms with Gasteiger partial charge in [-0.1, -0.05) is 42.0 Å². The normalized spacial score (nSPS) is 17.1. The van der Waals surface area contributed by atoms with Gasteiger partial charge in [0.05, 0.1) is 6.54 Å². The number of urea groups is 1. The Labute approximate surface area is 210 Å². The molecule has 0 radical (unpaired) electrons. The van der Waals surface area contributed by atoms with Gasteiger partial charge < -0.3 is 10.6 Å². The Morgan fingerprint density at radius 3 is 2.54 bits per heavy atom. The SMILES string of the molecule is CC(C)NC(=O)CCCCN1C(=O)C2C=CC=CC2=[N+](CC(=O)NCCc2ccc(Cl)cc2)C1=O. The summed E-state index contributed by atoms with van der Waals surface area (Å²) in [4.78, 5) is 51.9. The van der Waals surface area contributed by atoms with Gasteiger partial charge in [0.25, 0.3) is 5.91 Å². The highest BCUT2D eigenvalue weighted by Crippen LogP contribution is 2.20. The maximum atomic E-state index is 13.2. The molecule has 0 saturated heterocycles. The second-order valence-corrected chi connectivity index (χ2v) is 9.35. The highest BCUT2D eigenvalue weighted by molar-refractivity contribution is 6.30. The van der Waals surface area contributed by atoms with Crippen LogP contribution in [-0.4, -0.2) is 64.6 Å². The molecule has 1 aliphatic heterocycles. The van der Waals surface area contributed by atoms with E-state index < -0.39 is 11.9 Å². The lowest BCUT2D eigenvalue weighted by molar-refractivity contribution is -0.428. The van der Waals surface area contributed by atoms with Crippen molar-refractivity contribution in [1.82, 2.24) is 15.5 Å². The molecular formula is C26H32ClN4O4+. The van der Waals surface area contributed by atoms with Crippen molar-refractivity contribution >= 4 is 41.1 Å². The molecular weight excluding hydrogens is 468 g/mol. The Morgan fingerprint density at radius 1 is 1.09 bits per heavy atom. The quantitative estimate of drug-likeness (QED) is 0.361. The van der Waals surface area contributed by atoms with Gasteiger partial charge in [-0.05, 0) is 56.9 Å². The Kier molecular flexibility index (Phi) is 9.37. The second kappa shape index (κ2) is 12.4. The zero-order valence-electron chi connectivity index (χ0n) is 20.1. The van der Waals surface area contributed by atoms with Crippen LogP contribution in [0.5, 0.6) is 0 Å². The second-order valence-electron chi connectivity index (χ2n) is 8.91. The molecule has 1 heterocycles. The predicted molar refractivity (Wildman–Crippen MR) is 134 cm³/mol. The van der Waals surface area contributed by atoms with E-state index in [1.165, 1.54) is 9.48 Å². The van der Waals surface area contributed by atoms with Gasteiger partial charge in [-0.25, -0.2) is 4.79 Å². The average molecular weight is 500 g/mol. The summed E-state index contributed by atoms with van der Waals surface area (Å²) in [6.07, 6.45) is 8.98. The molecule has 9 heteroatoms. The molecule has 1 aromatic carbocycles. The fourth-order valence-electron chi connectivity index (χ4n) is 4.03. The lowest BCUT2D eigenvalue weighted by Crippen LogP contribution is -2.56. The first-order valence-corrected chi connectivity index (χ1v) is 12.3. The number of unbranched alkanes of at least 4 members (excludes halogenated alkanes) is 1. The number of allylic oxidation sites excluding steroid dienone is 3. The van der Waals surface area contributed by atoms with Crippen molar-refractivity contribution < 1.29 is 23.8 Å². The van der Waals surface area contributed by atoms with E-state index in [2.05, 4.69) is 10.6 Å². The third kappa shape index (κ3) is 7.36. The van der Waals surface area contributed by atoms with Crippen molar-refractivity contribution in [2.75, 3.05) is 19.6 Å². The van der Waals surface area contributed by atoms with Crippen LogP contribution in [-0.2, 0) is 20.8 Å². The van der Waals surface area contributed by atoms with Crippen LogP contribution in [0, 0.1) is 5.92 Å². The molecule has 1 aromatic rings. The molecule has 2 N–H and O–H groups in total. The van der Waals surface area contributed by atoms with E-state index in [0.29, 0.717) is 43.0 Å². The van der Waals surface area contributed by atoms with Gasteiger partial charge in [0.15, 0.2) is 6.54 Å². The van der Waals surface area contributed by atoms with E-state index >= 15 is 0 Å². The summed E-state index contributed by atoms with van der Waals surface area (Å²) in [5.41, 5.74) is 1.54. The number of benzene rings is 1. The minimum Gasteiger partial charge on any atom is -0.354 e. The third-order valence-corrected chi connectivity index (χ3v) is 5.99. The largest absolute Gasteiger partial charge is 0.501 e. The summed E-state index contributed by atoms with van der Waals surface area (Å²) in [6, 6.07) is 6.95. The fraction of sp³-hybridized carbons (Fsp3) is 0.423. The molecule has 186 valence electrons. The molecule has 35 heavy (non-hydrogen) atoms. The minimum absolute atomic E-state index is 0.0517. The standard InChI is InChI=1S/C26H31ClN4O4/c1-18(2)29-23(32)9-5-6-16-30-25(34)21-7-3-4-8-22(21)31(26(30)35)17-24(33)28-15-14-19-10-12-20(27)13-11-19/h3-4,7-8,10-13,18,21H,5-6,9,14-17H2,1-2H3,(H-,28,29,32,33)/p+1. The zero-order chi connectivity index (χ0) is 25.4. The van der Waals surface area contributed by atoms with E-state index in [1.807, 2.05) is 26.0 Å². The first kappa shape index (κ1) is 26.3. The van der Waals surface area contributed by atoms with Crippen molar-refractivity contribution in [3.05, 3.63) is 59.2 Å². The van der Waals surface area contributed by atoms with Gasteiger partial charge in [-0.15, -0.1) is 0 Å². The van der Waals surface area contributed by atoms with Crippen LogP contribution in [0.4, 0.5) is 4.79 Å². The topological polar surface area (TPSA) is 98.6 Å². The van der Waals surface area contributed by atoms with Crippen LogP contribution < -0.4 is 10.6 Å². The van der Waals surface area contributed by atoms with Crippen molar-refractivity contribution in [2.24, 2.45) is 5.92 Å². The first-order chi connectivity index (χ1) is 16.8. The lowest BCUT2D eigenvalue weighted by Gasteiger charge is -2.26. The Hall–Kier alpha value is -3.26. The monoisotopic (exact) mass is 499 g/mol. The summed E-state index contributed by atoms with van der Waals surface area (Å²) >= 11 is 5.90. The maximum absolute atomic E-state index is 13.2. The molecule has 0 bridgehead atoms. The number of halogens is 1. The molecule has 3 rings (SSSR count). The van der Waals surface area contributed by atoms with Crippen molar-refractivity contribution in [3.63, 3.8) is 0 Å². The Balaban J connectivity index is 1.60. The van der Waals surface area contributed by atoms with E-state index in [4.69, 9.17) is 11.6 Å². The smallest absolute Gasteiger partial charge is 0.354 e. The third-order valence-electron chi connectivity index (χ3n) is 5.74. The maximum Gasteiger partial charge on any atom is 0.501 e. The molecule has 1 atom stereocenters. The van der Waals surface area contributed by atoms with Gasteiger partial charge in [-0.3, -0.25) is 9.59 Å². The number of fused-ring (bicyclic) bond motifs is 1. The van der Waals surface area contributed by atoms with Crippen LogP contribution in [0.3, 0.4) is 0 Å². The fourth-order valence-corrected chi connectivity index (χ4v) is 4.15. The van der Waals surface area contributed by atoms with Crippen LogP contribution in [0.1, 0.15) is 38.7 Å². The minimum atomic E-state index is -0.608. The molecule has 0 spiro atoms. The molecule has 1 aliphatic carbocycles. The number of nitrogens with one attached hydrogen (secondary N) is 2. The number of nitrogens with zero attached hydrogens (tertiary/aromatic N) is 2. The summed E-state index contributed by atoms with van der Waals surface area (Å²) in [5, 5.41) is 6.33. The number of carbonyl (C=O) groups excluding carboxylic acids is 4. The number of rotatable bonds is 11. The molecule has 8 nitrogen and oxygen atoms in total.